The first-order valence-corrected chi connectivity index (χ1v) is 12.5. The van der Waals surface area contributed by atoms with Gasteiger partial charge in [-0.15, -0.1) is 0 Å². The van der Waals surface area contributed by atoms with Crippen molar-refractivity contribution in [1.82, 2.24) is 5.01 Å². The molecule has 0 aromatic heterocycles. The van der Waals surface area contributed by atoms with Gasteiger partial charge >= 0.3 is 7.60 Å². The first kappa shape index (κ1) is 25.6. The van der Waals surface area contributed by atoms with Crippen molar-refractivity contribution in [3.63, 3.8) is 0 Å². The Bertz CT molecular complexity index is 515. The van der Waals surface area contributed by atoms with Crippen LogP contribution in [0.3, 0.4) is 0 Å². The lowest BCUT2D eigenvalue weighted by Gasteiger charge is -2.34. The molecule has 0 spiro atoms. The van der Waals surface area contributed by atoms with Gasteiger partial charge in [-0.2, -0.15) is 5.10 Å². The van der Waals surface area contributed by atoms with E-state index in [9.17, 15) is 4.57 Å². The summed E-state index contributed by atoms with van der Waals surface area (Å²) in [7, 11) is -1.40. The minimum absolute atomic E-state index is 0.175. The molecule has 3 atom stereocenters. The number of nitrogens with zero attached hydrogens (tertiary/aromatic N) is 2. The van der Waals surface area contributed by atoms with Gasteiger partial charge in [0.05, 0.1) is 31.5 Å². The van der Waals surface area contributed by atoms with Crippen molar-refractivity contribution in [1.29, 1.82) is 0 Å². The number of hydrogen-bond acceptors (Lipinski definition) is 6. The largest absolute Gasteiger partial charge is 0.382 e. The van der Waals surface area contributed by atoms with E-state index in [4.69, 9.17) is 18.9 Å². The molecule has 0 radical (unpaired) electrons. The van der Waals surface area contributed by atoms with E-state index in [1.54, 1.807) is 7.11 Å². The van der Waals surface area contributed by atoms with Crippen LogP contribution in [0.4, 0.5) is 0 Å². The van der Waals surface area contributed by atoms with E-state index in [1.165, 1.54) is 0 Å². The molecule has 1 rings (SSSR count). The van der Waals surface area contributed by atoms with E-state index >= 15 is 0 Å². The van der Waals surface area contributed by atoms with Crippen LogP contribution in [0.25, 0.3) is 0 Å². The Labute approximate surface area is 172 Å². The summed E-state index contributed by atoms with van der Waals surface area (Å²) in [6, 6.07) is 0.353. The molecule has 1 heterocycles. The summed E-state index contributed by atoms with van der Waals surface area (Å²) in [5, 5.41) is 7.25. The van der Waals surface area contributed by atoms with E-state index < -0.39 is 7.60 Å². The number of ether oxygens (including phenoxy) is 1. The Morgan fingerprint density at radius 1 is 1.14 bits per heavy atom. The maximum atomic E-state index is 13.4. The second-order valence-electron chi connectivity index (χ2n) is 8.39. The highest BCUT2D eigenvalue weighted by Gasteiger charge is 2.39. The molecular weight excluding hydrogens is 375 g/mol. The van der Waals surface area contributed by atoms with Crippen LogP contribution in [-0.2, 0) is 18.3 Å². The van der Waals surface area contributed by atoms with Crippen molar-refractivity contribution in [3.05, 3.63) is 0 Å². The number of rotatable bonds is 13. The second kappa shape index (κ2) is 12.3. The average molecular weight is 419 g/mol. The molecule has 0 unspecified atom stereocenters. The molecule has 0 N–H and O–H groups in total. The minimum atomic E-state index is -3.15. The Balaban J connectivity index is 3.08. The third-order valence-corrected chi connectivity index (χ3v) is 8.28. The van der Waals surface area contributed by atoms with Gasteiger partial charge in [0, 0.05) is 19.4 Å². The fourth-order valence-electron chi connectivity index (χ4n) is 3.94. The van der Waals surface area contributed by atoms with Crippen LogP contribution in [0.2, 0.25) is 0 Å². The summed E-state index contributed by atoms with van der Waals surface area (Å²) in [6.45, 7) is 17.0. The summed E-state index contributed by atoms with van der Waals surface area (Å²) in [6.07, 6.45) is 3.07. The Kier molecular flexibility index (Phi) is 11.3. The highest BCUT2D eigenvalue weighted by molar-refractivity contribution is 7.54. The van der Waals surface area contributed by atoms with Crippen LogP contribution in [0.15, 0.2) is 5.10 Å². The molecule has 7 heteroatoms. The molecule has 166 valence electrons. The van der Waals surface area contributed by atoms with E-state index in [2.05, 4.69) is 32.7 Å². The molecule has 1 saturated heterocycles. The summed E-state index contributed by atoms with van der Waals surface area (Å²) in [5.74, 6) is 0.853. The summed E-state index contributed by atoms with van der Waals surface area (Å²) < 4.78 is 30.1. The van der Waals surface area contributed by atoms with Crippen molar-refractivity contribution < 1.29 is 18.3 Å². The fourth-order valence-corrected chi connectivity index (χ4v) is 6.13. The third-order valence-electron chi connectivity index (χ3n) is 5.67. The van der Waals surface area contributed by atoms with Gasteiger partial charge in [-0.1, -0.05) is 34.6 Å². The van der Waals surface area contributed by atoms with Gasteiger partial charge in [0.15, 0.2) is 0 Å². The summed E-state index contributed by atoms with van der Waals surface area (Å²) >= 11 is 0. The quantitative estimate of drug-likeness (QED) is 0.295. The highest BCUT2D eigenvalue weighted by atomic mass is 31.2. The van der Waals surface area contributed by atoms with Gasteiger partial charge in [-0.3, -0.25) is 9.57 Å². The number of hydrazone groups is 1. The zero-order valence-electron chi connectivity index (χ0n) is 19.3. The predicted molar refractivity (Wildman–Crippen MR) is 117 cm³/mol. The average Bonchev–Trinajstić information content (AvgIpc) is 3.05. The van der Waals surface area contributed by atoms with E-state index in [0.717, 1.165) is 31.5 Å². The molecule has 0 bridgehead atoms. The Hall–Kier alpha value is -0.420. The Morgan fingerprint density at radius 2 is 1.75 bits per heavy atom. The lowest BCUT2D eigenvalue weighted by molar-refractivity contribution is 0.117. The zero-order chi connectivity index (χ0) is 21.3. The van der Waals surface area contributed by atoms with Crippen LogP contribution < -0.4 is 0 Å². The lowest BCUT2D eigenvalue weighted by Crippen LogP contribution is -2.33. The van der Waals surface area contributed by atoms with Crippen molar-refractivity contribution in [2.45, 2.75) is 79.4 Å². The fraction of sp³-hybridized carbons (Fsp3) is 0.952. The second-order valence-corrected chi connectivity index (χ2v) is 10.8. The SMILES string of the molecule is CCOP(=O)(OCC)[C@H](C)[C@@H](C/C(=N/N1CCC[C@H]1COC)C(C)C)C(C)C. The van der Waals surface area contributed by atoms with E-state index in [-0.39, 0.29) is 11.6 Å². The molecule has 0 amide bonds. The van der Waals surface area contributed by atoms with Gasteiger partial charge in [0.25, 0.3) is 0 Å². The van der Waals surface area contributed by atoms with Crippen LogP contribution in [0.1, 0.15) is 67.7 Å². The number of methoxy groups -OCH3 is 1. The van der Waals surface area contributed by atoms with Crippen LogP contribution in [-0.4, -0.2) is 55.9 Å². The van der Waals surface area contributed by atoms with Crippen molar-refractivity contribution in [3.8, 4) is 0 Å². The van der Waals surface area contributed by atoms with Crippen molar-refractivity contribution >= 4 is 13.3 Å². The molecule has 0 aromatic rings. The van der Waals surface area contributed by atoms with Gasteiger partial charge in [0.1, 0.15) is 0 Å². The molecule has 1 aliphatic heterocycles. The van der Waals surface area contributed by atoms with Gasteiger partial charge in [-0.25, -0.2) is 0 Å². The minimum Gasteiger partial charge on any atom is -0.382 e. The molecule has 6 nitrogen and oxygen atoms in total. The molecule has 1 fully saturated rings. The molecule has 28 heavy (non-hydrogen) atoms. The smallest absolute Gasteiger partial charge is 0.333 e. The topological polar surface area (TPSA) is 60.4 Å². The molecule has 1 aliphatic rings. The molecular formula is C21H43N2O4P. The summed E-state index contributed by atoms with van der Waals surface area (Å²) in [4.78, 5) is 0. The molecule has 0 saturated carbocycles. The highest BCUT2D eigenvalue weighted by Crippen LogP contribution is 2.57. The van der Waals surface area contributed by atoms with Gasteiger partial charge in [-0.05, 0) is 50.9 Å². The normalized spacial score (nSPS) is 21.0. The third kappa shape index (κ3) is 7.12. The van der Waals surface area contributed by atoms with Gasteiger partial charge < -0.3 is 13.8 Å². The van der Waals surface area contributed by atoms with Crippen LogP contribution in [0.5, 0.6) is 0 Å². The van der Waals surface area contributed by atoms with E-state index in [0.29, 0.717) is 37.7 Å². The van der Waals surface area contributed by atoms with Crippen molar-refractivity contribution in [2.24, 2.45) is 22.9 Å². The molecule has 0 aromatic carbocycles. The van der Waals surface area contributed by atoms with Crippen LogP contribution in [0, 0.1) is 17.8 Å². The monoisotopic (exact) mass is 418 g/mol. The predicted octanol–water partition coefficient (Wildman–Crippen LogP) is 5.43. The first-order valence-electron chi connectivity index (χ1n) is 10.9. The first-order chi connectivity index (χ1) is 13.2. The summed E-state index contributed by atoms with van der Waals surface area (Å²) in [5.41, 5.74) is 0.984. The lowest BCUT2D eigenvalue weighted by atomic mass is 9.85. The van der Waals surface area contributed by atoms with Crippen molar-refractivity contribution in [2.75, 3.05) is 33.5 Å². The standard InChI is InChI=1S/C21H43N2O4P/c1-9-26-28(24,27-10-2)18(7)20(16(3)4)14-21(17(5)6)22-23-13-11-12-19(23)15-25-8/h16-20H,9-15H2,1-8H3/b22-21-/t18-,19+,20+/m1/s1. The number of hydrogen-bond donors (Lipinski definition) is 0. The Morgan fingerprint density at radius 3 is 2.21 bits per heavy atom. The maximum Gasteiger partial charge on any atom is 0.333 e. The van der Waals surface area contributed by atoms with Crippen LogP contribution >= 0.6 is 7.60 Å². The van der Waals surface area contributed by atoms with Gasteiger partial charge in [0.2, 0.25) is 0 Å². The maximum absolute atomic E-state index is 13.4. The van der Waals surface area contributed by atoms with E-state index in [1.807, 2.05) is 20.8 Å². The zero-order valence-corrected chi connectivity index (χ0v) is 20.2. The molecule has 0 aliphatic carbocycles.